The van der Waals surface area contributed by atoms with E-state index in [4.69, 9.17) is 0 Å². The normalized spacial score (nSPS) is 11.3. The van der Waals surface area contributed by atoms with Crippen LogP contribution in [0, 0.1) is 0 Å². The molecule has 2 rings (SSSR count). The zero-order chi connectivity index (χ0) is 11.4. The lowest BCUT2D eigenvalue weighted by Gasteiger charge is -2.02. The maximum absolute atomic E-state index is 10.00. The second-order valence-corrected chi connectivity index (χ2v) is 3.62. The first-order valence-electron chi connectivity index (χ1n) is 5.41. The molecule has 2 aromatic rings. The summed E-state index contributed by atoms with van der Waals surface area (Å²) >= 11 is 0. The number of phenols is 1. The average Bonchev–Trinajstić information content (AvgIpc) is 2.33. The molecule has 0 aliphatic heterocycles. The summed E-state index contributed by atoms with van der Waals surface area (Å²) < 4.78 is 0. The van der Waals surface area contributed by atoms with E-state index in [2.05, 4.69) is 10.2 Å². The molecule has 82 valence electrons. The van der Waals surface area contributed by atoms with E-state index in [0.29, 0.717) is 12.2 Å². The van der Waals surface area contributed by atoms with Crippen LogP contribution in [0.5, 0.6) is 5.75 Å². The van der Waals surface area contributed by atoms with Crippen molar-refractivity contribution in [1.29, 1.82) is 0 Å². The molecule has 0 bridgehead atoms. The third-order valence-corrected chi connectivity index (χ3v) is 2.38. The lowest BCUT2D eigenvalue weighted by Crippen LogP contribution is -1.76. The fourth-order valence-corrected chi connectivity index (χ4v) is 1.55. The van der Waals surface area contributed by atoms with Crippen LogP contribution in [-0.2, 0) is 0 Å². The zero-order valence-electron chi connectivity index (χ0n) is 9.22. The Hall–Kier alpha value is -1.90. The van der Waals surface area contributed by atoms with Crippen molar-refractivity contribution in [2.24, 2.45) is 10.2 Å². The van der Waals surface area contributed by atoms with Gasteiger partial charge in [0, 0.05) is 5.39 Å². The Morgan fingerprint density at radius 3 is 2.75 bits per heavy atom. The largest absolute Gasteiger partial charge is 0.505 e. The number of nitrogens with zero attached hydrogens (tertiary/aromatic N) is 2. The van der Waals surface area contributed by atoms with Crippen molar-refractivity contribution in [2.45, 2.75) is 13.3 Å². The van der Waals surface area contributed by atoms with Crippen LogP contribution in [0.25, 0.3) is 10.8 Å². The van der Waals surface area contributed by atoms with Gasteiger partial charge in [-0.3, -0.25) is 0 Å². The summed E-state index contributed by atoms with van der Waals surface area (Å²) in [5.41, 5.74) is 0.534. The number of benzene rings is 2. The Morgan fingerprint density at radius 2 is 1.94 bits per heavy atom. The highest BCUT2D eigenvalue weighted by Crippen LogP contribution is 2.34. The molecule has 16 heavy (non-hydrogen) atoms. The van der Waals surface area contributed by atoms with E-state index in [1.807, 2.05) is 37.3 Å². The van der Waals surface area contributed by atoms with Gasteiger partial charge in [-0.2, -0.15) is 10.2 Å². The summed E-state index contributed by atoms with van der Waals surface area (Å²) in [5, 5.41) is 19.8. The van der Waals surface area contributed by atoms with Gasteiger partial charge in [0.25, 0.3) is 0 Å². The SMILES string of the molecule is CCCN=Nc1ccc2ccccc2c1O. The molecule has 0 radical (unpaired) electrons. The highest BCUT2D eigenvalue weighted by atomic mass is 16.3. The summed E-state index contributed by atoms with van der Waals surface area (Å²) in [5.74, 6) is 0.206. The minimum atomic E-state index is 0.206. The van der Waals surface area contributed by atoms with Crippen molar-refractivity contribution < 1.29 is 5.11 Å². The van der Waals surface area contributed by atoms with E-state index in [0.717, 1.165) is 17.2 Å². The number of fused-ring (bicyclic) bond motifs is 1. The summed E-state index contributed by atoms with van der Waals surface area (Å²) in [6.45, 7) is 2.73. The molecular formula is C13H14N2O. The molecular weight excluding hydrogens is 200 g/mol. The highest BCUT2D eigenvalue weighted by molar-refractivity contribution is 5.92. The van der Waals surface area contributed by atoms with E-state index in [1.54, 1.807) is 6.07 Å². The summed E-state index contributed by atoms with van der Waals surface area (Å²) in [6, 6.07) is 11.4. The molecule has 0 atom stereocenters. The number of azo groups is 1. The van der Waals surface area contributed by atoms with Gasteiger partial charge in [0.2, 0.25) is 0 Å². The van der Waals surface area contributed by atoms with E-state index < -0.39 is 0 Å². The Bertz CT molecular complexity index is 520. The number of rotatable bonds is 3. The van der Waals surface area contributed by atoms with Crippen LogP contribution in [0.4, 0.5) is 5.69 Å². The van der Waals surface area contributed by atoms with Crippen molar-refractivity contribution in [3.05, 3.63) is 36.4 Å². The Kier molecular flexibility index (Phi) is 3.15. The zero-order valence-corrected chi connectivity index (χ0v) is 9.22. The Labute approximate surface area is 94.4 Å². The van der Waals surface area contributed by atoms with Gasteiger partial charge in [0.15, 0.2) is 5.75 Å². The average molecular weight is 214 g/mol. The molecule has 3 nitrogen and oxygen atoms in total. The number of aromatic hydroxyl groups is 1. The molecule has 0 aromatic heterocycles. The topological polar surface area (TPSA) is 45.0 Å². The maximum atomic E-state index is 10.00. The molecule has 0 amide bonds. The van der Waals surface area contributed by atoms with Crippen LogP contribution >= 0.6 is 0 Å². The third kappa shape index (κ3) is 2.03. The molecule has 0 saturated heterocycles. The smallest absolute Gasteiger partial charge is 0.150 e. The van der Waals surface area contributed by atoms with E-state index >= 15 is 0 Å². The summed E-state index contributed by atoms with van der Waals surface area (Å²) in [6.07, 6.45) is 0.956. The van der Waals surface area contributed by atoms with Crippen LogP contribution in [0.1, 0.15) is 13.3 Å². The van der Waals surface area contributed by atoms with Gasteiger partial charge in [-0.25, -0.2) is 0 Å². The number of hydrogen-bond acceptors (Lipinski definition) is 3. The van der Waals surface area contributed by atoms with Crippen LogP contribution in [-0.4, -0.2) is 11.7 Å². The molecule has 0 saturated carbocycles. The maximum Gasteiger partial charge on any atom is 0.150 e. The summed E-state index contributed by atoms with van der Waals surface area (Å²) in [7, 11) is 0. The van der Waals surface area contributed by atoms with Crippen molar-refractivity contribution in [3.8, 4) is 5.75 Å². The second kappa shape index (κ2) is 4.75. The van der Waals surface area contributed by atoms with Crippen LogP contribution in [0.3, 0.4) is 0 Å². The lowest BCUT2D eigenvalue weighted by molar-refractivity contribution is 0.482. The van der Waals surface area contributed by atoms with E-state index in [1.165, 1.54) is 0 Å². The van der Waals surface area contributed by atoms with E-state index in [9.17, 15) is 5.11 Å². The molecule has 2 aromatic carbocycles. The van der Waals surface area contributed by atoms with Crippen molar-refractivity contribution in [2.75, 3.05) is 6.54 Å². The van der Waals surface area contributed by atoms with Gasteiger partial charge in [-0.15, -0.1) is 0 Å². The predicted molar refractivity (Wildman–Crippen MR) is 65.3 cm³/mol. The van der Waals surface area contributed by atoms with Gasteiger partial charge >= 0.3 is 0 Å². The van der Waals surface area contributed by atoms with Gasteiger partial charge in [0.1, 0.15) is 5.69 Å². The Balaban J connectivity index is 2.44. The predicted octanol–water partition coefficient (Wildman–Crippen LogP) is 4.04. The minimum Gasteiger partial charge on any atom is -0.505 e. The molecule has 0 spiro atoms. The van der Waals surface area contributed by atoms with Crippen molar-refractivity contribution in [1.82, 2.24) is 0 Å². The quantitative estimate of drug-likeness (QED) is 0.770. The third-order valence-electron chi connectivity index (χ3n) is 2.38. The number of phenolic OH excluding ortho intramolecular Hbond substituents is 1. The van der Waals surface area contributed by atoms with Crippen molar-refractivity contribution >= 4 is 16.5 Å². The molecule has 0 heterocycles. The fourth-order valence-electron chi connectivity index (χ4n) is 1.55. The van der Waals surface area contributed by atoms with Crippen LogP contribution in [0.15, 0.2) is 46.6 Å². The molecule has 3 heteroatoms. The first-order chi connectivity index (χ1) is 7.83. The van der Waals surface area contributed by atoms with Gasteiger partial charge in [-0.05, 0) is 17.9 Å². The minimum absolute atomic E-state index is 0.206. The van der Waals surface area contributed by atoms with E-state index in [-0.39, 0.29) is 5.75 Å². The molecule has 1 N–H and O–H groups in total. The van der Waals surface area contributed by atoms with Gasteiger partial charge in [0.05, 0.1) is 6.54 Å². The molecule has 0 aliphatic rings. The monoisotopic (exact) mass is 214 g/mol. The summed E-state index contributed by atoms with van der Waals surface area (Å²) in [4.78, 5) is 0. The first kappa shape index (κ1) is 10.6. The highest BCUT2D eigenvalue weighted by Gasteiger charge is 2.04. The molecule has 0 aliphatic carbocycles. The Morgan fingerprint density at radius 1 is 1.12 bits per heavy atom. The van der Waals surface area contributed by atoms with Gasteiger partial charge < -0.3 is 5.11 Å². The number of hydrogen-bond donors (Lipinski definition) is 1. The molecule has 0 fully saturated rings. The standard InChI is InChI=1S/C13H14N2O/c1-2-9-14-15-12-8-7-10-5-3-4-6-11(10)13(12)16/h3-8,16H,2,9H2,1H3. The van der Waals surface area contributed by atoms with Crippen LogP contribution in [0.2, 0.25) is 0 Å². The molecule has 0 unspecified atom stereocenters. The lowest BCUT2D eigenvalue weighted by atomic mass is 10.1. The van der Waals surface area contributed by atoms with Crippen molar-refractivity contribution in [3.63, 3.8) is 0 Å². The van der Waals surface area contributed by atoms with Gasteiger partial charge in [-0.1, -0.05) is 37.3 Å². The fraction of sp³-hybridized carbons (Fsp3) is 0.231. The van der Waals surface area contributed by atoms with Crippen LogP contribution < -0.4 is 0 Å². The first-order valence-corrected chi connectivity index (χ1v) is 5.41. The second-order valence-electron chi connectivity index (χ2n) is 3.62.